The zero-order valence-electron chi connectivity index (χ0n) is 18.3. The van der Waals surface area contributed by atoms with E-state index in [0.717, 1.165) is 17.9 Å². The van der Waals surface area contributed by atoms with Gasteiger partial charge in [-0.15, -0.1) is 0 Å². The number of benzene rings is 2. The number of esters is 1. The van der Waals surface area contributed by atoms with Gasteiger partial charge in [-0.2, -0.15) is 9.41 Å². The standard InChI is InChI=1S/C23H24N4O6S/c28-21(24-17-8-10-19(11-9-17)34(31,32)26-14-4-5-15-26)16-33-23(30)20-12-13-22(29)27(25-20)18-6-2-1-3-7-18/h1-3,6-11H,4-5,12-16H2,(H,24,28). The van der Waals surface area contributed by atoms with Crippen molar-refractivity contribution in [3.63, 3.8) is 0 Å². The fraction of sp³-hybridized carbons (Fsp3) is 0.304. The minimum atomic E-state index is -3.54. The normalized spacial score (nSPS) is 16.8. The van der Waals surface area contributed by atoms with Crippen molar-refractivity contribution in [2.75, 3.05) is 30.0 Å². The number of nitrogens with zero attached hydrogens (tertiary/aromatic N) is 3. The van der Waals surface area contributed by atoms with E-state index in [2.05, 4.69) is 10.4 Å². The van der Waals surface area contributed by atoms with E-state index in [1.54, 1.807) is 30.3 Å². The molecule has 1 saturated heterocycles. The maximum atomic E-state index is 12.6. The fourth-order valence-corrected chi connectivity index (χ4v) is 5.19. The van der Waals surface area contributed by atoms with Crippen molar-refractivity contribution in [1.82, 2.24) is 4.31 Å². The highest BCUT2D eigenvalue weighted by molar-refractivity contribution is 7.89. The first-order chi connectivity index (χ1) is 16.3. The number of anilines is 2. The van der Waals surface area contributed by atoms with Crippen molar-refractivity contribution in [3.8, 4) is 0 Å². The second kappa shape index (κ2) is 10.1. The third kappa shape index (κ3) is 5.32. The summed E-state index contributed by atoms with van der Waals surface area (Å²) in [5.74, 6) is -1.61. The lowest BCUT2D eigenvalue weighted by molar-refractivity contribution is -0.140. The zero-order valence-corrected chi connectivity index (χ0v) is 19.2. The Kier molecular flexibility index (Phi) is 7.03. The third-order valence-corrected chi connectivity index (χ3v) is 7.36. The van der Waals surface area contributed by atoms with Crippen molar-refractivity contribution in [3.05, 3.63) is 54.6 Å². The van der Waals surface area contributed by atoms with Gasteiger partial charge in [0, 0.05) is 31.6 Å². The van der Waals surface area contributed by atoms with Gasteiger partial charge in [-0.3, -0.25) is 9.59 Å². The number of carbonyl (C=O) groups is 3. The quantitative estimate of drug-likeness (QED) is 0.600. The number of hydrazone groups is 1. The summed E-state index contributed by atoms with van der Waals surface area (Å²) < 4.78 is 31.7. The molecule has 2 aromatic rings. The molecule has 0 bridgehead atoms. The summed E-state index contributed by atoms with van der Waals surface area (Å²) in [6, 6.07) is 14.5. The first-order valence-electron chi connectivity index (χ1n) is 10.9. The van der Waals surface area contributed by atoms with Crippen LogP contribution < -0.4 is 10.3 Å². The van der Waals surface area contributed by atoms with E-state index in [1.807, 2.05) is 0 Å². The van der Waals surface area contributed by atoms with Crippen LogP contribution in [-0.2, 0) is 29.1 Å². The highest BCUT2D eigenvalue weighted by Gasteiger charge is 2.28. The first-order valence-corrected chi connectivity index (χ1v) is 12.3. The van der Waals surface area contributed by atoms with Crippen molar-refractivity contribution in [1.29, 1.82) is 0 Å². The molecule has 2 heterocycles. The van der Waals surface area contributed by atoms with Gasteiger partial charge in [0.15, 0.2) is 6.61 Å². The molecule has 2 aliphatic rings. The van der Waals surface area contributed by atoms with E-state index >= 15 is 0 Å². The average Bonchev–Trinajstić information content (AvgIpc) is 3.40. The molecule has 0 saturated carbocycles. The number of carbonyl (C=O) groups excluding carboxylic acids is 3. The van der Waals surface area contributed by atoms with Gasteiger partial charge in [-0.25, -0.2) is 18.2 Å². The molecular formula is C23H24N4O6S. The zero-order chi connectivity index (χ0) is 24.1. The monoisotopic (exact) mass is 484 g/mol. The Morgan fingerprint density at radius 1 is 0.971 bits per heavy atom. The van der Waals surface area contributed by atoms with Gasteiger partial charge in [-0.05, 0) is 49.2 Å². The molecule has 178 valence electrons. The molecule has 4 rings (SSSR count). The minimum absolute atomic E-state index is 0.0488. The number of nitrogens with one attached hydrogen (secondary N) is 1. The third-order valence-electron chi connectivity index (χ3n) is 5.44. The molecule has 10 nitrogen and oxygen atoms in total. The van der Waals surface area contributed by atoms with Crippen LogP contribution in [0.2, 0.25) is 0 Å². The predicted molar refractivity (Wildman–Crippen MR) is 125 cm³/mol. The SMILES string of the molecule is O=C(COC(=O)C1=NN(c2ccccc2)C(=O)CC1)Nc1ccc(S(=O)(=O)N2CCCC2)cc1. The summed E-state index contributed by atoms with van der Waals surface area (Å²) in [5, 5.41) is 7.81. The van der Waals surface area contributed by atoms with Gasteiger partial charge in [0.2, 0.25) is 15.9 Å². The molecule has 11 heteroatoms. The molecule has 0 spiro atoms. The van der Waals surface area contributed by atoms with Crippen LogP contribution in [0.4, 0.5) is 11.4 Å². The Morgan fingerprint density at radius 3 is 2.32 bits per heavy atom. The summed E-state index contributed by atoms with van der Waals surface area (Å²) >= 11 is 0. The number of amides is 2. The molecular weight excluding hydrogens is 460 g/mol. The minimum Gasteiger partial charge on any atom is -0.451 e. The van der Waals surface area contributed by atoms with Gasteiger partial charge >= 0.3 is 5.97 Å². The molecule has 2 aliphatic heterocycles. The van der Waals surface area contributed by atoms with Gasteiger partial charge in [-0.1, -0.05) is 18.2 Å². The number of sulfonamides is 1. The summed E-state index contributed by atoms with van der Waals surface area (Å²) in [6.07, 6.45) is 1.91. The molecule has 0 radical (unpaired) electrons. The van der Waals surface area contributed by atoms with E-state index in [-0.39, 0.29) is 29.4 Å². The number of hydrogen-bond donors (Lipinski definition) is 1. The maximum absolute atomic E-state index is 12.6. The number of rotatable bonds is 7. The van der Waals surface area contributed by atoms with Crippen LogP contribution in [0.1, 0.15) is 25.7 Å². The van der Waals surface area contributed by atoms with Gasteiger partial charge < -0.3 is 10.1 Å². The summed E-state index contributed by atoms with van der Waals surface area (Å²) in [4.78, 5) is 36.9. The molecule has 1 N–H and O–H groups in total. The summed E-state index contributed by atoms with van der Waals surface area (Å²) in [6.45, 7) is 0.467. The highest BCUT2D eigenvalue weighted by Crippen LogP contribution is 2.22. The lowest BCUT2D eigenvalue weighted by atomic mass is 10.1. The Hall–Kier alpha value is -3.57. The molecule has 0 unspecified atom stereocenters. The molecule has 0 aliphatic carbocycles. The average molecular weight is 485 g/mol. The van der Waals surface area contributed by atoms with Crippen LogP contribution in [-0.4, -0.2) is 55.9 Å². The van der Waals surface area contributed by atoms with Crippen LogP contribution in [0.5, 0.6) is 0 Å². The number of ether oxygens (including phenoxy) is 1. The highest BCUT2D eigenvalue weighted by atomic mass is 32.2. The van der Waals surface area contributed by atoms with Crippen LogP contribution in [0.25, 0.3) is 0 Å². The maximum Gasteiger partial charge on any atom is 0.355 e. The lowest BCUT2D eigenvalue weighted by Crippen LogP contribution is -2.35. The molecule has 0 atom stereocenters. The Balaban J connectivity index is 1.32. The molecule has 1 fully saturated rings. The topological polar surface area (TPSA) is 125 Å². The van der Waals surface area contributed by atoms with Gasteiger partial charge in [0.1, 0.15) is 5.71 Å². The van der Waals surface area contributed by atoms with E-state index in [0.29, 0.717) is 24.5 Å². The molecule has 34 heavy (non-hydrogen) atoms. The molecule has 0 aromatic heterocycles. The predicted octanol–water partition coefficient (Wildman–Crippen LogP) is 2.14. The van der Waals surface area contributed by atoms with Gasteiger partial charge in [0.05, 0.1) is 10.6 Å². The Bertz CT molecular complexity index is 1210. The summed E-state index contributed by atoms with van der Waals surface area (Å²) in [5.41, 5.74) is 0.954. The van der Waals surface area contributed by atoms with E-state index in [4.69, 9.17) is 4.74 Å². The van der Waals surface area contributed by atoms with E-state index in [9.17, 15) is 22.8 Å². The molecule has 2 amide bonds. The first kappa shape index (κ1) is 23.6. The largest absolute Gasteiger partial charge is 0.451 e. The second-order valence-electron chi connectivity index (χ2n) is 7.85. The number of hydrogen-bond acceptors (Lipinski definition) is 7. The Morgan fingerprint density at radius 2 is 1.65 bits per heavy atom. The van der Waals surface area contributed by atoms with Crippen molar-refractivity contribution >= 4 is 44.9 Å². The Labute approximate surface area is 197 Å². The van der Waals surface area contributed by atoms with Crippen LogP contribution in [0.3, 0.4) is 0 Å². The van der Waals surface area contributed by atoms with Crippen molar-refractivity contribution < 1.29 is 27.5 Å². The van der Waals surface area contributed by atoms with Crippen molar-refractivity contribution in [2.45, 2.75) is 30.6 Å². The van der Waals surface area contributed by atoms with Crippen LogP contribution in [0.15, 0.2) is 64.6 Å². The van der Waals surface area contributed by atoms with Crippen molar-refractivity contribution in [2.24, 2.45) is 5.10 Å². The smallest absolute Gasteiger partial charge is 0.355 e. The lowest BCUT2D eigenvalue weighted by Gasteiger charge is -2.22. The van der Waals surface area contributed by atoms with E-state index in [1.165, 1.54) is 28.6 Å². The fourth-order valence-electron chi connectivity index (χ4n) is 3.67. The van der Waals surface area contributed by atoms with Crippen LogP contribution in [0, 0.1) is 0 Å². The van der Waals surface area contributed by atoms with E-state index < -0.39 is 28.5 Å². The number of para-hydroxylation sites is 1. The summed E-state index contributed by atoms with van der Waals surface area (Å²) in [7, 11) is -3.54. The molecule has 2 aromatic carbocycles. The van der Waals surface area contributed by atoms with Gasteiger partial charge in [0.25, 0.3) is 5.91 Å². The van der Waals surface area contributed by atoms with Crippen LogP contribution >= 0.6 is 0 Å². The second-order valence-corrected chi connectivity index (χ2v) is 9.79.